The normalized spacial score (nSPS) is 22.2. The highest BCUT2D eigenvalue weighted by Crippen LogP contribution is 2.42. The molecule has 1 saturated heterocycles. The Hall–Kier alpha value is -1.93. The van der Waals surface area contributed by atoms with Crippen molar-refractivity contribution in [1.82, 2.24) is 14.9 Å². The fourth-order valence-electron chi connectivity index (χ4n) is 4.42. The Morgan fingerprint density at radius 1 is 1.23 bits per heavy atom. The van der Waals surface area contributed by atoms with E-state index in [2.05, 4.69) is 21.8 Å². The first-order valence-electron chi connectivity index (χ1n) is 10.1. The molecule has 7 nitrogen and oxygen atoms in total. The number of piperazine rings is 1. The number of aromatic nitrogens is 2. The standard InChI is InChI=1S/C21H25Cl2N5O2/c1-12-8-17(29)19-18(12)20(26-11-25-19)27-4-6-28(7-5-27)21(30)14(10-24)13-2-3-15(22)16(23)9-13/h2-3,9,11-12,14,17,29H,4-8,10,24H2,1H3/t12-,14?,17+/m1/s1. The number of benzene rings is 1. The molecule has 160 valence electrons. The smallest absolute Gasteiger partial charge is 0.231 e. The van der Waals surface area contributed by atoms with Crippen LogP contribution in [0, 0.1) is 0 Å². The molecule has 0 spiro atoms. The van der Waals surface area contributed by atoms with Crippen molar-refractivity contribution in [3.8, 4) is 0 Å². The van der Waals surface area contributed by atoms with Crippen molar-refractivity contribution in [2.75, 3.05) is 37.6 Å². The van der Waals surface area contributed by atoms with Crippen LogP contribution in [0.5, 0.6) is 0 Å². The molecule has 1 aromatic heterocycles. The maximum Gasteiger partial charge on any atom is 0.231 e. The summed E-state index contributed by atoms with van der Waals surface area (Å²) in [6.45, 7) is 4.77. The maximum absolute atomic E-state index is 13.1. The minimum atomic E-state index is -0.531. The third kappa shape index (κ3) is 3.87. The minimum absolute atomic E-state index is 0.00718. The summed E-state index contributed by atoms with van der Waals surface area (Å²) in [5, 5.41) is 11.1. The Bertz CT molecular complexity index is 949. The molecular weight excluding hydrogens is 425 g/mol. The number of hydrogen-bond acceptors (Lipinski definition) is 6. The van der Waals surface area contributed by atoms with Gasteiger partial charge in [0.25, 0.3) is 0 Å². The van der Waals surface area contributed by atoms with Gasteiger partial charge in [0.05, 0.1) is 27.8 Å². The molecule has 3 atom stereocenters. The van der Waals surface area contributed by atoms with Crippen LogP contribution in [0.2, 0.25) is 10.0 Å². The van der Waals surface area contributed by atoms with Crippen molar-refractivity contribution >= 4 is 34.9 Å². The number of nitrogens with two attached hydrogens (primary N) is 1. The molecule has 1 aliphatic carbocycles. The van der Waals surface area contributed by atoms with Gasteiger partial charge < -0.3 is 20.6 Å². The maximum atomic E-state index is 13.1. The SMILES string of the molecule is C[C@@H]1C[C@H](O)c2ncnc(N3CCN(C(=O)C(CN)c4ccc(Cl)c(Cl)c4)CC3)c21. The van der Waals surface area contributed by atoms with Crippen LogP contribution in [-0.4, -0.2) is 58.6 Å². The van der Waals surface area contributed by atoms with E-state index in [4.69, 9.17) is 28.9 Å². The van der Waals surface area contributed by atoms with Crippen LogP contribution in [0.4, 0.5) is 5.82 Å². The van der Waals surface area contributed by atoms with Crippen LogP contribution in [0.15, 0.2) is 24.5 Å². The van der Waals surface area contributed by atoms with Crippen molar-refractivity contribution in [3.05, 3.63) is 51.4 Å². The number of halogens is 2. The average molecular weight is 450 g/mol. The molecule has 1 aliphatic heterocycles. The monoisotopic (exact) mass is 449 g/mol. The molecule has 2 heterocycles. The molecule has 1 aromatic carbocycles. The lowest BCUT2D eigenvalue weighted by Gasteiger charge is -2.37. The molecule has 0 bridgehead atoms. The lowest BCUT2D eigenvalue weighted by atomic mass is 9.97. The Morgan fingerprint density at radius 2 is 1.97 bits per heavy atom. The van der Waals surface area contributed by atoms with Crippen LogP contribution in [0.1, 0.15) is 48.1 Å². The quantitative estimate of drug-likeness (QED) is 0.744. The molecule has 2 aromatic rings. The van der Waals surface area contributed by atoms with Gasteiger partial charge in [0.1, 0.15) is 12.1 Å². The van der Waals surface area contributed by atoms with Gasteiger partial charge in [0.15, 0.2) is 0 Å². The van der Waals surface area contributed by atoms with E-state index >= 15 is 0 Å². The second-order valence-corrected chi connectivity index (χ2v) is 8.74. The highest BCUT2D eigenvalue weighted by atomic mass is 35.5. The molecule has 1 fully saturated rings. The lowest BCUT2D eigenvalue weighted by Crippen LogP contribution is -2.51. The molecule has 4 rings (SSSR count). The molecule has 0 saturated carbocycles. The summed E-state index contributed by atoms with van der Waals surface area (Å²) in [5.41, 5.74) is 8.47. The zero-order chi connectivity index (χ0) is 21.4. The van der Waals surface area contributed by atoms with Gasteiger partial charge in [0, 0.05) is 38.3 Å². The summed E-state index contributed by atoms with van der Waals surface area (Å²) in [4.78, 5) is 25.9. The molecule has 30 heavy (non-hydrogen) atoms. The van der Waals surface area contributed by atoms with E-state index in [9.17, 15) is 9.90 Å². The number of carbonyl (C=O) groups excluding carboxylic acids is 1. The number of amides is 1. The molecule has 1 unspecified atom stereocenters. The number of carbonyl (C=O) groups is 1. The van der Waals surface area contributed by atoms with E-state index in [1.165, 1.54) is 6.33 Å². The van der Waals surface area contributed by atoms with E-state index < -0.39 is 12.0 Å². The van der Waals surface area contributed by atoms with Crippen molar-refractivity contribution in [3.63, 3.8) is 0 Å². The third-order valence-electron chi connectivity index (χ3n) is 6.05. The summed E-state index contributed by atoms with van der Waals surface area (Å²) in [6.07, 6.45) is 1.65. The van der Waals surface area contributed by atoms with Crippen LogP contribution in [0.25, 0.3) is 0 Å². The van der Waals surface area contributed by atoms with Crippen molar-refractivity contribution in [2.24, 2.45) is 5.73 Å². The van der Waals surface area contributed by atoms with Crippen molar-refractivity contribution < 1.29 is 9.90 Å². The number of nitrogens with zero attached hydrogens (tertiary/aromatic N) is 4. The highest BCUT2D eigenvalue weighted by Gasteiger charge is 2.34. The molecular formula is C21H25Cl2N5O2. The second kappa shape index (κ2) is 8.67. The van der Waals surface area contributed by atoms with Gasteiger partial charge in [-0.25, -0.2) is 9.97 Å². The molecule has 3 N–H and O–H groups in total. The predicted octanol–water partition coefficient (Wildman–Crippen LogP) is 2.72. The van der Waals surface area contributed by atoms with Gasteiger partial charge >= 0.3 is 0 Å². The number of anilines is 1. The molecule has 2 aliphatic rings. The lowest BCUT2D eigenvalue weighted by molar-refractivity contribution is -0.132. The number of hydrogen-bond donors (Lipinski definition) is 2. The second-order valence-electron chi connectivity index (χ2n) is 7.92. The van der Waals surface area contributed by atoms with Gasteiger partial charge in [-0.05, 0) is 30.0 Å². The minimum Gasteiger partial charge on any atom is -0.387 e. The van der Waals surface area contributed by atoms with Gasteiger partial charge in [-0.3, -0.25) is 4.79 Å². The fraction of sp³-hybridized carbons (Fsp3) is 0.476. The topological polar surface area (TPSA) is 95.6 Å². The third-order valence-corrected chi connectivity index (χ3v) is 6.79. The fourth-order valence-corrected chi connectivity index (χ4v) is 4.73. The molecule has 0 radical (unpaired) electrons. The van der Waals surface area contributed by atoms with E-state index in [0.29, 0.717) is 42.6 Å². The zero-order valence-corrected chi connectivity index (χ0v) is 18.3. The largest absolute Gasteiger partial charge is 0.387 e. The van der Waals surface area contributed by atoms with Gasteiger partial charge in [-0.1, -0.05) is 36.2 Å². The summed E-state index contributed by atoms with van der Waals surface area (Å²) < 4.78 is 0. The van der Waals surface area contributed by atoms with Crippen molar-refractivity contribution in [1.29, 1.82) is 0 Å². The van der Waals surface area contributed by atoms with Gasteiger partial charge in [0.2, 0.25) is 5.91 Å². The van der Waals surface area contributed by atoms with E-state index in [-0.39, 0.29) is 18.4 Å². The number of rotatable bonds is 4. The first kappa shape index (κ1) is 21.3. The van der Waals surface area contributed by atoms with Crippen LogP contribution >= 0.6 is 23.2 Å². The summed E-state index contributed by atoms with van der Waals surface area (Å²) >= 11 is 12.1. The van der Waals surface area contributed by atoms with Crippen LogP contribution < -0.4 is 10.6 Å². The predicted molar refractivity (Wildman–Crippen MR) is 117 cm³/mol. The molecule has 1 amide bonds. The van der Waals surface area contributed by atoms with E-state index in [0.717, 1.165) is 22.6 Å². The highest BCUT2D eigenvalue weighted by molar-refractivity contribution is 6.42. The van der Waals surface area contributed by atoms with Gasteiger partial charge in [-0.2, -0.15) is 0 Å². The van der Waals surface area contributed by atoms with Crippen molar-refractivity contribution in [2.45, 2.75) is 31.3 Å². The summed E-state index contributed by atoms with van der Waals surface area (Å²) in [5.74, 6) is 0.621. The first-order chi connectivity index (χ1) is 14.4. The van der Waals surface area contributed by atoms with E-state index in [1.54, 1.807) is 18.2 Å². The Morgan fingerprint density at radius 3 is 2.63 bits per heavy atom. The zero-order valence-electron chi connectivity index (χ0n) is 16.8. The van der Waals surface area contributed by atoms with Crippen LogP contribution in [0.3, 0.4) is 0 Å². The Kier molecular flexibility index (Phi) is 6.16. The van der Waals surface area contributed by atoms with E-state index in [1.807, 2.05) is 4.90 Å². The average Bonchev–Trinajstić information content (AvgIpc) is 3.05. The Labute approximate surface area is 185 Å². The summed E-state index contributed by atoms with van der Waals surface area (Å²) in [6, 6.07) is 5.21. The number of aliphatic hydroxyl groups excluding tert-OH is 1. The molecule has 9 heteroatoms. The summed E-state index contributed by atoms with van der Waals surface area (Å²) in [7, 11) is 0. The van der Waals surface area contributed by atoms with Gasteiger partial charge in [-0.15, -0.1) is 0 Å². The number of aliphatic hydroxyl groups is 1. The van der Waals surface area contributed by atoms with Crippen LogP contribution in [-0.2, 0) is 4.79 Å². The Balaban J connectivity index is 1.47. The number of fused-ring (bicyclic) bond motifs is 1. The first-order valence-corrected chi connectivity index (χ1v) is 10.9.